The second-order valence-electron chi connectivity index (χ2n) is 10.4. The second-order valence-corrected chi connectivity index (χ2v) is 10.4. The normalized spacial score (nSPS) is 14.6. The molecule has 198 valence electrons. The monoisotopic (exact) mass is 521 g/mol. The van der Waals surface area contributed by atoms with Gasteiger partial charge in [0.25, 0.3) is 0 Å². The van der Waals surface area contributed by atoms with Gasteiger partial charge in [-0.05, 0) is 54.8 Å². The van der Waals surface area contributed by atoms with Gasteiger partial charge in [0.15, 0.2) is 0 Å². The largest absolute Gasteiger partial charge is 0.497 e. The third-order valence-corrected chi connectivity index (χ3v) is 7.85. The fourth-order valence-electron chi connectivity index (χ4n) is 5.64. The highest BCUT2D eigenvalue weighted by Gasteiger charge is 2.42. The van der Waals surface area contributed by atoms with Crippen molar-refractivity contribution in [2.45, 2.75) is 45.3 Å². The molecule has 0 saturated heterocycles. The number of aromatic nitrogens is 3. The van der Waals surface area contributed by atoms with E-state index in [1.165, 1.54) is 0 Å². The number of hydrogen-bond donors (Lipinski definition) is 1. The van der Waals surface area contributed by atoms with Gasteiger partial charge in [-0.15, -0.1) is 0 Å². The number of carbonyl (C=O) groups is 1. The number of methoxy groups -OCH3 is 1. The van der Waals surface area contributed by atoms with Gasteiger partial charge in [0.05, 0.1) is 34.8 Å². The molecule has 39 heavy (non-hydrogen) atoms. The van der Waals surface area contributed by atoms with Gasteiger partial charge in [-0.2, -0.15) is 0 Å². The van der Waals surface area contributed by atoms with Crippen molar-refractivity contribution in [3.8, 4) is 11.5 Å². The highest BCUT2D eigenvalue weighted by atomic mass is 16.5. The summed E-state index contributed by atoms with van der Waals surface area (Å²) in [5, 5.41) is 11.2. The van der Waals surface area contributed by atoms with Crippen LogP contribution in [0.15, 0.2) is 78.9 Å². The number of para-hydroxylation sites is 1. The van der Waals surface area contributed by atoms with Gasteiger partial charge < -0.3 is 19.1 Å². The highest BCUT2D eigenvalue weighted by molar-refractivity contribution is 5.80. The maximum atomic E-state index is 12.4. The molecular formula is C32H31N3O4. The van der Waals surface area contributed by atoms with Gasteiger partial charge in [0, 0.05) is 24.4 Å². The van der Waals surface area contributed by atoms with Crippen LogP contribution in [0.1, 0.15) is 42.8 Å². The molecule has 6 rings (SSSR count). The first kappa shape index (κ1) is 24.9. The van der Waals surface area contributed by atoms with Crippen molar-refractivity contribution in [1.82, 2.24) is 14.5 Å². The number of rotatable bonds is 9. The number of carboxylic acids is 1. The number of nitrogens with zero attached hydrogens (tertiary/aromatic N) is 3. The first-order valence-electron chi connectivity index (χ1n) is 13.4. The molecule has 0 bridgehead atoms. The van der Waals surface area contributed by atoms with Crippen LogP contribution in [-0.4, -0.2) is 32.7 Å². The van der Waals surface area contributed by atoms with Crippen LogP contribution in [0.25, 0.3) is 21.9 Å². The summed E-state index contributed by atoms with van der Waals surface area (Å²) in [5.41, 5.74) is 3.87. The summed E-state index contributed by atoms with van der Waals surface area (Å²) < 4.78 is 13.6. The maximum Gasteiger partial charge on any atom is 0.310 e. The van der Waals surface area contributed by atoms with E-state index in [4.69, 9.17) is 19.4 Å². The van der Waals surface area contributed by atoms with Gasteiger partial charge in [0.2, 0.25) is 0 Å². The minimum absolute atomic E-state index is 0.345. The van der Waals surface area contributed by atoms with Crippen molar-refractivity contribution in [3.63, 3.8) is 0 Å². The Morgan fingerprint density at radius 3 is 2.46 bits per heavy atom. The molecule has 0 amide bonds. The molecule has 0 aliphatic heterocycles. The molecule has 7 nitrogen and oxygen atoms in total. The molecule has 7 heteroatoms. The van der Waals surface area contributed by atoms with Crippen molar-refractivity contribution in [1.29, 1.82) is 0 Å². The molecule has 2 heterocycles. The van der Waals surface area contributed by atoms with Crippen molar-refractivity contribution in [2.24, 2.45) is 5.41 Å². The lowest BCUT2D eigenvalue weighted by Gasteiger charge is -2.24. The van der Waals surface area contributed by atoms with E-state index in [1.54, 1.807) is 7.11 Å². The van der Waals surface area contributed by atoms with E-state index >= 15 is 0 Å². The molecule has 1 saturated carbocycles. The van der Waals surface area contributed by atoms with E-state index in [0.29, 0.717) is 38.2 Å². The predicted octanol–water partition coefficient (Wildman–Crippen LogP) is 6.41. The fourth-order valence-corrected chi connectivity index (χ4v) is 5.64. The molecule has 1 fully saturated rings. The van der Waals surface area contributed by atoms with E-state index in [1.807, 2.05) is 72.8 Å². The number of pyridine rings is 1. The lowest BCUT2D eigenvalue weighted by molar-refractivity contribution is -0.148. The molecule has 1 aliphatic rings. The third kappa shape index (κ3) is 5.04. The lowest BCUT2D eigenvalue weighted by atomic mass is 9.82. The fraction of sp³-hybridized carbons (Fsp3) is 0.281. The van der Waals surface area contributed by atoms with Crippen LogP contribution in [0.5, 0.6) is 11.5 Å². The Bertz CT molecular complexity index is 1640. The Morgan fingerprint density at radius 1 is 0.923 bits per heavy atom. The van der Waals surface area contributed by atoms with Crippen LogP contribution >= 0.6 is 0 Å². The quantitative estimate of drug-likeness (QED) is 0.241. The van der Waals surface area contributed by atoms with Crippen molar-refractivity contribution in [3.05, 3.63) is 95.9 Å². The summed E-state index contributed by atoms with van der Waals surface area (Å²) in [6.45, 7) is 0.935. The molecule has 0 spiro atoms. The average molecular weight is 522 g/mol. The van der Waals surface area contributed by atoms with E-state index in [-0.39, 0.29) is 0 Å². The molecular weight excluding hydrogens is 490 g/mol. The van der Waals surface area contributed by atoms with Crippen LogP contribution in [0, 0.1) is 5.41 Å². The van der Waals surface area contributed by atoms with Gasteiger partial charge in [-0.3, -0.25) is 4.79 Å². The number of aliphatic carboxylic acids is 1. The number of hydrogen-bond acceptors (Lipinski definition) is 5. The Morgan fingerprint density at radius 2 is 1.69 bits per heavy atom. The van der Waals surface area contributed by atoms with E-state index in [2.05, 4.69) is 10.6 Å². The zero-order chi connectivity index (χ0) is 26.8. The van der Waals surface area contributed by atoms with E-state index in [0.717, 1.165) is 57.6 Å². The summed E-state index contributed by atoms with van der Waals surface area (Å²) in [4.78, 5) is 22.0. The van der Waals surface area contributed by atoms with E-state index in [9.17, 15) is 9.90 Å². The Labute approximate surface area is 227 Å². The first-order valence-corrected chi connectivity index (χ1v) is 13.4. The SMILES string of the molecule is COc1ccc(Cn2c(CC3(C(=O)O)CCCC3)nc3cc(OCc4ccc5ccccc5n4)ccc32)cc1. The number of fused-ring (bicyclic) bond motifs is 2. The van der Waals surface area contributed by atoms with Gasteiger partial charge >= 0.3 is 5.97 Å². The summed E-state index contributed by atoms with van der Waals surface area (Å²) in [5.74, 6) is 1.56. The molecule has 1 N–H and O–H groups in total. The molecule has 2 aromatic heterocycles. The van der Waals surface area contributed by atoms with Crippen LogP contribution in [-0.2, 0) is 24.4 Å². The molecule has 5 aromatic rings. The van der Waals surface area contributed by atoms with Crippen LogP contribution in [0.4, 0.5) is 0 Å². The van der Waals surface area contributed by atoms with Gasteiger partial charge in [0.1, 0.15) is 23.9 Å². The molecule has 0 radical (unpaired) electrons. The first-order chi connectivity index (χ1) is 19.0. The summed E-state index contributed by atoms with van der Waals surface area (Å²) in [6, 6.07) is 25.9. The summed E-state index contributed by atoms with van der Waals surface area (Å²) in [7, 11) is 1.65. The van der Waals surface area contributed by atoms with Crippen LogP contribution in [0.2, 0.25) is 0 Å². The Balaban J connectivity index is 1.31. The third-order valence-electron chi connectivity index (χ3n) is 7.85. The predicted molar refractivity (Wildman–Crippen MR) is 150 cm³/mol. The van der Waals surface area contributed by atoms with E-state index < -0.39 is 11.4 Å². The number of ether oxygens (including phenoxy) is 2. The molecule has 0 atom stereocenters. The minimum atomic E-state index is -0.764. The number of imidazole rings is 1. The topological polar surface area (TPSA) is 86.5 Å². The number of benzene rings is 3. The Kier molecular flexibility index (Phi) is 6.65. The average Bonchev–Trinajstić information content (AvgIpc) is 3.57. The van der Waals surface area contributed by atoms with Crippen LogP contribution < -0.4 is 9.47 Å². The zero-order valence-corrected chi connectivity index (χ0v) is 22.0. The zero-order valence-electron chi connectivity index (χ0n) is 22.0. The van der Waals surface area contributed by atoms with Crippen molar-refractivity contribution < 1.29 is 19.4 Å². The molecule has 0 unspecified atom stereocenters. The summed E-state index contributed by atoms with van der Waals surface area (Å²) in [6.07, 6.45) is 3.64. The van der Waals surface area contributed by atoms with Crippen LogP contribution in [0.3, 0.4) is 0 Å². The summed E-state index contributed by atoms with van der Waals surface area (Å²) >= 11 is 0. The minimum Gasteiger partial charge on any atom is -0.497 e. The molecule has 3 aromatic carbocycles. The Hall–Kier alpha value is -4.39. The van der Waals surface area contributed by atoms with Gasteiger partial charge in [-0.1, -0.05) is 49.2 Å². The lowest BCUT2D eigenvalue weighted by Crippen LogP contribution is -2.31. The maximum absolute atomic E-state index is 12.4. The van der Waals surface area contributed by atoms with Gasteiger partial charge in [-0.25, -0.2) is 9.97 Å². The smallest absolute Gasteiger partial charge is 0.310 e. The van der Waals surface area contributed by atoms with Crippen molar-refractivity contribution >= 4 is 27.9 Å². The van der Waals surface area contributed by atoms with Crippen molar-refractivity contribution in [2.75, 3.05) is 7.11 Å². The second kappa shape index (κ2) is 10.4. The number of carboxylic acid groups (broad SMARTS) is 1. The molecule has 1 aliphatic carbocycles. The highest BCUT2D eigenvalue weighted by Crippen LogP contribution is 2.41. The standard InChI is InChI=1S/C32H31N3O4/c1-38-25-12-8-22(9-13-25)20-35-29-15-14-26(39-21-24-11-10-23-6-2-3-7-27(23)33-24)18-28(29)34-30(35)19-32(31(36)37)16-4-5-17-32/h2-3,6-15,18H,4-5,16-17,19-21H2,1H3,(H,36,37).